The van der Waals surface area contributed by atoms with Gasteiger partial charge in [-0.1, -0.05) is 6.07 Å². The molecule has 3 rings (SSSR count). The molecule has 0 aliphatic heterocycles. The number of ether oxygens (including phenoxy) is 2. The van der Waals surface area contributed by atoms with Crippen molar-refractivity contribution in [2.24, 2.45) is 5.10 Å². The number of aromatic nitrogens is 2. The second-order valence-corrected chi connectivity index (χ2v) is 6.15. The Bertz CT molecular complexity index is 1170. The summed E-state index contributed by atoms with van der Waals surface area (Å²) in [4.78, 5) is 29.5. The summed E-state index contributed by atoms with van der Waals surface area (Å²) < 4.78 is 24.5. The van der Waals surface area contributed by atoms with Crippen LogP contribution in [0.15, 0.2) is 53.8 Å². The Hall–Kier alpha value is -4.12. The lowest BCUT2D eigenvalue weighted by Crippen LogP contribution is -2.17. The van der Waals surface area contributed by atoms with Gasteiger partial charge in [0.1, 0.15) is 0 Å². The lowest BCUT2D eigenvalue weighted by molar-refractivity contribution is -0.384. The molecular formula is C19H13ClFN5O5. The van der Waals surface area contributed by atoms with Gasteiger partial charge in [-0.2, -0.15) is 14.5 Å². The number of benzene rings is 2. The monoisotopic (exact) mass is 445 g/mol. The van der Waals surface area contributed by atoms with Gasteiger partial charge in [-0.05, 0) is 41.4 Å². The van der Waals surface area contributed by atoms with E-state index >= 15 is 0 Å². The fraction of sp³-hybridized carbons (Fsp3) is 0.0526. The summed E-state index contributed by atoms with van der Waals surface area (Å²) in [7, 11) is 1.40. The number of amides is 1. The lowest BCUT2D eigenvalue weighted by atomic mass is 10.2. The number of hydrogen-bond donors (Lipinski definition) is 1. The number of hydrogen-bond acceptors (Lipinski definition) is 8. The van der Waals surface area contributed by atoms with Crippen LogP contribution in [-0.2, 0) is 0 Å². The third-order valence-corrected chi connectivity index (χ3v) is 3.96. The first-order valence-electron chi connectivity index (χ1n) is 8.49. The maximum atomic E-state index is 13.9. The third-order valence-electron chi connectivity index (χ3n) is 3.78. The van der Waals surface area contributed by atoms with Crippen LogP contribution in [0.1, 0.15) is 15.9 Å². The Morgan fingerprint density at radius 1 is 1.29 bits per heavy atom. The van der Waals surface area contributed by atoms with Gasteiger partial charge in [-0.15, -0.1) is 0 Å². The molecule has 31 heavy (non-hydrogen) atoms. The fourth-order valence-electron chi connectivity index (χ4n) is 2.35. The van der Waals surface area contributed by atoms with E-state index in [4.69, 9.17) is 21.1 Å². The molecule has 3 aromatic rings. The molecule has 1 heterocycles. The summed E-state index contributed by atoms with van der Waals surface area (Å²) in [6.45, 7) is 0. The number of carbonyl (C=O) groups excluding carboxylic acids is 1. The summed E-state index contributed by atoms with van der Waals surface area (Å²) in [6.07, 6.45) is 2.16. The smallest absolute Gasteiger partial charge is 0.271 e. The van der Waals surface area contributed by atoms with Crippen LogP contribution in [0.2, 0.25) is 5.28 Å². The number of carbonyl (C=O) groups is 1. The van der Waals surface area contributed by atoms with Crippen molar-refractivity contribution in [3.05, 3.63) is 81.0 Å². The van der Waals surface area contributed by atoms with Gasteiger partial charge in [0.05, 0.1) is 24.4 Å². The van der Waals surface area contributed by atoms with Crippen molar-refractivity contribution in [3.8, 4) is 17.4 Å². The molecule has 0 fully saturated rings. The average Bonchev–Trinajstić information content (AvgIpc) is 2.76. The first-order valence-corrected chi connectivity index (χ1v) is 8.87. The molecule has 0 unspecified atom stereocenters. The lowest BCUT2D eigenvalue weighted by Gasteiger charge is -2.10. The molecule has 2 aromatic carbocycles. The van der Waals surface area contributed by atoms with E-state index in [1.165, 1.54) is 37.6 Å². The Morgan fingerprint density at radius 3 is 2.84 bits per heavy atom. The van der Waals surface area contributed by atoms with Crippen molar-refractivity contribution in [2.45, 2.75) is 0 Å². The van der Waals surface area contributed by atoms with E-state index in [1.807, 2.05) is 0 Å². The highest BCUT2D eigenvalue weighted by molar-refractivity contribution is 6.28. The maximum Gasteiger partial charge on any atom is 0.271 e. The third kappa shape index (κ3) is 5.48. The van der Waals surface area contributed by atoms with E-state index < -0.39 is 22.5 Å². The molecule has 0 aliphatic rings. The maximum absolute atomic E-state index is 13.9. The van der Waals surface area contributed by atoms with Crippen molar-refractivity contribution in [2.75, 3.05) is 7.11 Å². The zero-order valence-electron chi connectivity index (χ0n) is 15.8. The van der Waals surface area contributed by atoms with Gasteiger partial charge in [-0.25, -0.2) is 10.4 Å². The molecular weight excluding hydrogens is 433 g/mol. The highest BCUT2D eigenvalue weighted by Gasteiger charge is 2.13. The highest BCUT2D eigenvalue weighted by Crippen LogP contribution is 2.32. The summed E-state index contributed by atoms with van der Waals surface area (Å²) in [6, 6.07) is 9.83. The zero-order chi connectivity index (χ0) is 22.4. The predicted octanol–water partition coefficient (Wildman–Crippen LogP) is 3.74. The summed E-state index contributed by atoms with van der Waals surface area (Å²) in [5, 5.41) is 14.4. The predicted molar refractivity (Wildman–Crippen MR) is 108 cm³/mol. The van der Waals surface area contributed by atoms with Crippen molar-refractivity contribution >= 4 is 29.4 Å². The summed E-state index contributed by atoms with van der Waals surface area (Å²) >= 11 is 5.66. The van der Waals surface area contributed by atoms with Crippen LogP contribution in [-0.4, -0.2) is 34.1 Å². The zero-order valence-corrected chi connectivity index (χ0v) is 16.5. The summed E-state index contributed by atoms with van der Waals surface area (Å²) in [5.41, 5.74) is 2.59. The molecule has 0 atom stereocenters. The van der Waals surface area contributed by atoms with Crippen molar-refractivity contribution in [3.63, 3.8) is 0 Å². The second kappa shape index (κ2) is 9.59. The normalized spacial score (nSPS) is 10.7. The number of nitrogens with zero attached hydrogens (tertiary/aromatic N) is 4. The van der Waals surface area contributed by atoms with E-state index in [0.29, 0.717) is 5.56 Å². The van der Waals surface area contributed by atoms with E-state index in [-0.39, 0.29) is 28.0 Å². The molecule has 12 heteroatoms. The SMILES string of the molecule is COc1ccc(/C=N/NC(=O)c2cccc([N+](=O)[O-])c2)cc1Oc1nc(Cl)ncc1F. The van der Waals surface area contributed by atoms with Crippen LogP contribution in [0, 0.1) is 15.9 Å². The number of nitro benzene ring substituents is 1. The van der Waals surface area contributed by atoms with Crippen LogP contribution in [0.25, 0.3) is 0 Å². The first-order chi connectivity index (χ1) is 14.9. The van der Waals surface area contributed by atoms with Gasteiger partial charge in [0.15, 0.2) is 11.5 Å². The van der Waals surface area contributed by atoms with E-state index in [9.17, 15) is 19.3 Å². The second-order valence-electron chi connectivity index (χ2n) is 5.81. The molecule has 158 valence electrons. The first kappa shape index (κ1) is 21.6. The number of nitrogens with one attached hydrogen (secondary N) is 1. The molecule has 0 bridgehead atoms. The molecule has 0 aliphatic carbocycles. The van der Waals surface area contributed by atoms with Crippen LogP contribution in [0.4, 0.5) is 10.1 Å². The average molecular weight is 446 g/mol. The van der Waals surface area contributed by atoms with Crippen LogP contribution in [0.5, 0.6) is 17.4 Å². The van der Waals surface area contributed by atoms with Crippen molar-refractivity contribution in [1.29, 1.82) is 0 Å². The van der Waals surface area contributed by atoms with E-state index in [1.54, 1.807) is 12.1 Å². The van der Waals surface area contributed by atoms with Crippen LogP contribution >= 0.6 is 11.6 Å². The Kier molecular flexibility index (Phi) is 6.67. The molecule has 1 aromatic heterocycles. The van der Waals surface area contributed by atoms with Crippen LogP contribution < -0.4 is 14.9 Å². The molecule has 0 saturated heterocycles. The van der Waals surface area contributed by atoms with Crippen molar-refractivity contribution in [1.82, 2.24) is 15.4 Å². The Balaban J connectivity index is 1.76. The van der Waals surface area contributed by atoms with E-state index in [2.05, 4.69) is 20.5 Å². The molecule has 1 amide bonds. The Labute approximate surface area is 179 Å². The van der Waals surface area contributed by atoms with Gasteiger partial charge >= 0.3 is 0 Å². The van der Waals surface area contributed by atoms with Crippen LogP contribution in [0.3, 0.4) is 0 Å². The number of non-ortho nitro benzene ring substituents is 1. The number of rotatable bonds is 7. The highest BCUT2D eigenvalue weighted by atomic mass is 35.5. The largest absolute Gasteiger partial charge is 0.493 e. The minimum absolute atomic E-state index is 0.0706. The number of hydrazone groups is 1. The summed E-state index contributed by atoms with van der Waals surface area (Å²) in [5.74, 6) is -1.46. The van der Waals surface area contributed by atoms with Gasteiger partial charge in [0, 0.05) is 17.7 Å². The van der Waals surface area contributed by atoms with Crippen molar-refractivity contribution < 1.29 is 23.6 Å². The molecule has 10 nitrogen and oxygen atoms in total. The van der Waals surface area contributed by atoms with Gasteiger partial charge in [0.25, 0.3) is 17.5 Å². The number of halogens is 2. The number of nitro groups is 1. The quantitative estimate of drug-likeness (QED) is 0.254. The molecule has 0 radical (unpaired) electrons. The van der Waals surface area contributed by atoms with Gasteiger partial charge in [-0.3, -0.25) is 14.9 Å². The number of methoxy groups -OCH3 is 1. The molecule has 0 spiro atoms. The molecule has 1 N–H and O–H groups in total. The minimum Gasteiger partial charge on any atom is -0.493 e. The molecule has 0 saturated carbocycles. The van der Waals surface area contributed by atoms with Gasteiger partial charge < -0.3 is 9.47 Å². The fourth-order valence-corrected chi connectivity index (χ4v) is 2.48. The topological polar surface area (TPSA) is 129 Å². The van der Waals surface area contributed by atoms with E-state index in [0.717, 1.165) is 12.3 Å². The van der Waals surface area contributed by atoms with Gasteiger partial charge in [0.2, 0.25) is 11.1 Å². The Morgan fingerprint density at radius 2 is 2.10 bits per heavy atom. The standard InChI is InChI=1S/C19H13ClFN5O5/c1-30-15-6-5-11(7-16(15)31-18-14(21)10-22-19(20)24-18)9-23-25-17(27)12-3-2-4-13(8-12)26(28)29/h2-10H,1H3,(H,25,27)/b23-9+. The minimum atomic E-state index is -0.824.